The number of piperidine rings is 1. The van der Waals surface area contributed by atoms with E-state index in [2.05, 4.69) is 20.2 Å². The molecule has 136 valence electrons. The number of hydrogen-bond acceptors (Lipinski definition) is 6. The van der Waals surface area contributed by atoms with Crippen LogP contribution < -0.4 is 10.2 Å². The largest absolute Gasteiger partial charge is 0.355 e. The first-order chi connectivity index (χ1) is 12.7. The number of aromatic nitrogens is 2. The topological polar surface area (TPSA) is 76.6 Å². The molecule has 1 N–H and O–H groups in total. The van der Waals surface area contributed by atoms with Gasteiger partial charge in [-0.1, -0.05) is 12.1 Å². The molecular formula is C18H19FN4O3. The Bertz CT molecular complexity index is 783. The lowest BCUT2D eigenvalue weighted by Gasteiger charge is -2.37. The van der Waals surface area contributed by atoms with Crippen molar-refractivity contribution in [3.05, 3.63) is 48.2 Å². The molecule has 1 amide bonds. The second-order valence-electron chi connectivity index (χ2n) is 6.29. The molecule has 0 bridgehead atoms. The smallest absolute Gasteiger partial charge is 0.275 e. The molecule has 0 atom stereocenters. The number of amides is 1. The monoisotopic (exact) mass is 358 g/mol. The van der Waals surface area contributed by atoms with Crippen molar-refractivity contribution >= 4 is 17.4 Å². The van der Waals surface area contributed by atoms with Gasteiger partial charge in [-0.25, -0.2) is 14.4 Å². The fourth-order valence-electron chi connectivity index (χ4n) is 3.21. The fourth-order valence-corrected chi connectivity index (χ4v) is 3.21. The molecule has 2 aromatic rings. The van der Waals surface area contributed by atoms with Crippen molar-refractivity contribution in [2.75, 3.05) is 36.5 Å². The van der Waals surface area contributed by atoms with Gasteiger partial charge in [0.25, 0.3) is 5.91 Å². The molecule has 0 radical (unpaired) electrons. The number of nitrogens with zero attached hydrogens (tertiary/aromatic N) is 3. The van der Waals surface area contributed by atoms with E-state index in [0.29, 0.717) is 19.0 Å². The molecule has 7 nitrogen and oxygen atoms in total. The Morgan fingerprint density at radius 3 is 2.50 bits per heavy atom. The molecule has 8 heteroatoms. The van der Waals surface area contributed by atoms with Crippen molar-refractivity contribution in [1.82, 2.24) is 9.97 Å². The van der Waals surface area contributed by atoms with Crippen LogP contribution in [0.3, 0.4) is 0 Å². The molecule has 2 fully saturated rings. The van der Waals surface area contributed by atoms with E-state index in [9.17, 15) is 9.18 Å². The van der Waals surface area contributed by atoms with Gasteiger partial charge < -0.3 is 19.7 Å². The van der Waals surface area contributed by atoms with E-state index in [1.807, 2.05) is 0 Å². The van der Waals surface area contributed by atoms with Crippen LogP contribution in [0.15, 0.2) is 36.7 Å². The molecule has 1 aromatic carbocycles. The zero-order valence-electron chi connectivity index (χ0n) is 14.2. The number of ether oxygens (including phenoxy) is 2. The summed E-state index contributed by atoms with van der Waals surface area (Å²) in [6.07, 6.45) is 4.50. The standard InChI is InChI=1S/C18H19FN4O3/c19-13-3-1-2-4-14(13)22-17(24)15-11-21-16(12-20-15)23-7-5-18(6-8-23)25-9-10-26-18/h1-4,11-12H,5-10H2,(H,22,24). The number of hydrogen-bond donors (Lipinski definition) is 1. The number of carbonyl (C=O) groups is 1. The Morgan fingerprint density at radius 1 is 1.12 bits per heavy atom. The van der Waals surface area contributed by atoms with Crippen LogP contribution in [0.5, 0.6) is 0 Å². The van der Waals surface area contributed by atoms with Crippen molar-refractivity contribution in [3.63, 3.8) is 0 Å². The Morgan fingerprint density at radius 2 is 1.85 bits per heavy atom. The van der Waals surface area contributed by atoms with Crippen LogP contribution in [0.1, 0.15) is 23.3 Å². The molecule has 1 aromatic heterocycles. The summed E-state index contributed by atoms with van der Waals surface area (Å²) in [6.45, 7) is 2.78. The fraction of sp³-hybridized carbons (Fsp3) is 0.389. The van der Waals surface area contributed by atoms with Gasteiger partial charge in [0.15, 0.2) is 5.79 Å². The number of benzene rings is 1. The average Bonchev–Trinajstić information content (AvgIpc) is 3.12. The summed E-state index contributed by atoms with van der Waals surface area (Å²) in [4.78, 5) is 22.8. The first kappa shape index (κ1) is 16.9. The van der Waals surface area contributed by atoms with Gasteiger partial charge >= 0.3 is 0 Å². The normalized spacial score (nSPS) is 18.9. The lowest BCUT2D eigenvalue weighted by atomic mass is 10.0. The van der Waals surface area contributed by atoms with Gasteiger partial charge in [-0.3, -0.25) is 4.79 Å². The number of nitrogens with one attached hydrogen (secondary N) is 1. The molecular weight excluding hydrogens is 339 g/mol. The lowest BCUT2D eigenvalue weighted by Crippen LogP contribution is -2.45. The third-order valence-corrected chi connectivity index (χ3v) is 4.66. The van der Waals surface area contributed by atoms with Crippen LogP contribution in [0.4, 0.5) is 15.9 Å². The first-order valence-electron chi connectivity index (χ1n) is 8.56. The zero-order valence-corrected chi connectivity index (χ0v) is 14.2. The zero-order chi connectivity index (χ0) is 18.0. The maximum atomic E-state index is 13.6. The molecule has 0 saturated carbocycles. The molecule has 2 aliphatic heterocycles. The van der Waals surface area contributed by atoms with Crippen LogP contribution in [0.2, 0.25) is 0 Å². The summed E-state index contributed by atoms with van der Waals surface area (Å²) in [6, 6.07) is 5.98. The number of carbonyl (C=O) groups excluding carboxylic acids is 1. The number of para-hydroxylation sites is 1. The summed E-state index contributed by atoms with van der Waals surface area (Å²) >= 11 is 0. The van der Waals surface area contributed by atoms with Gasteiger partial charge in [0.2, 0.25) is 0 Å². The predicted molar refractivity (Wildman–Crippen MR) is 92.5 cm³/mol. The predicted octanol–water partition coefficient (Wildman–Crippen LogP) is 2.21. The molecule has 4 rings (SSSR count). The van der Waals surface area contributed by atoms with E-state index in [0.717, 1.165) is 25.9 Å². The minimum absolute atomic E-state index is 0.112. The minimum Gasteiger partial charge on any atom is -0.355 e. The lowest BCUT2D eigenvalue weighted by molar-refractivity contribution is -0.169. The van der Waals surface area contributed by atoms with Gasteiger partial charge in [0.1, 0.15) is 17.3 Å². The molecule has 3 heterocycles. The number of halogens is 1. The van der Waals surface area contributed by atoms with E-state index in [4.69, 9.17) is 9.47 Å². The molecule has 2 saturated heterocycles. The van der Waals surface area contributed by atoms with Gasteiger partial charge in [0.05, 0.1) is 31.3 Å². The van der Waals surface area contributed by atoms with E-state index < -0.39 is 17.5 Å². The summed E-state index contributed by atoms with van der Waals surface area (Å²) in [7, 11) is 0. The third kappa shape index (κ3) is 3.38. The van der Waals surface area contributed by atoms with Crippen molar-refractivity contribution in [2.24, 2.45) is 0 Å². The highest BCUT2D eigenvalue weighted by molar-refractivity contribution is 6.02. The summed E-state index contributed by atoms with van der Waals surface area (Å²) in [5.41, 5.74) is 0.245. The third-order valence-electron chi connectivity index (χ3n) is 4.66. The molecule has 0 unspecified atom stereocenters. The first-order valence-corrected chi connectivity index (χ1v) is 8.56. The molecule has 0 aliphatic carbocycles. The molecule has 2 aliphatic rings. The van der Waals surface area contributed by atoms with Crippen LogP contribution in [-0.4, -0.2) is 48.0 Å². The van der Waals surface area contributed by atoms with Crippen LogP contribution in [-0.2, 0) is 9.47 Å². The quantitative estimate of drug-likeness (QED) is 0.907. The highest BCUT2D eigenvalue weighted by Crippen LogP contribution is 2.32. The van der Waals surface area contributed by atoms with Gasteiger partial charge in [-0.05, 0) is 12.1 Å². The van der Waals surface area contributed by atoms with E-state index in [1.54, 1.807) is 18.3 Å². The van der Waals surface area contributed by atoms with Crippen LogP contribution in [0, 0.1) is 5.82 Å². The van der Waals surface area contributed by atoms with Crippen molar-refractivity contribution in [1.29, 1.82) is 0 Å². The number of rotatable bonds is 3. The molecule has 26 heavy (non-hydrogen) atoms. The van der Waals surface area contributed by atoms with Gasteiger partial charge in [0, 0.05) is 25.9 Å². The Balaban J connectivity index is 1.39. The van der Waals surface area contributed by atoms with Crippen molar-refractivity contribution in [3.8, 4) is 0 Å². The summed E-state index contributed by atoms with van der Waals surface area (Å²) < 4.78 is 25.0. The molecule has 1 spiro atoms. The summed E-state index contributed by atoms with van der Waals surface area (Å²) in [5.74, 6) is -0.743. The second kappa shape index (κ2) is 6.97. The average molecular weight is 358 g/mol. The van der Waals surface area contributed by atoms with E-state index in [-0.39, 0.29) is 11.4 Å². The second-order valence-corrected chi connectivity index (χ2v) is 6.29. The summed E-state index contributed by atoms with van der Waals surface area (Å²) in [5, 5.41) is 2.50. The maximum Gasteiger partial charge on any atom is 0.275 e. The van der Waals surface area contributed by atoms with Crippen molar-refractivity contribution < 1.29 is 18.7 Å². The van der Waals surface area contributed by atoms with Gasteiger partial charge in [-0.2, -0.15) is 0 Å². The Hall–Kier alpha value is -2.58. The maximum absolute atomic E-state index is 13.6. The SMILES string of the molecule is O=C(Nc1ccccc1F)c1cnc(N2CCC3(CC2)OCCO3)cn1. The Labute approximate surface area is 150 Å². The van der Waals surface area contributed by atoms with Gasteiger partial charge in [-0.15, -0.1) is 0 Å². The number of anilines is 2. The van der Waals surface area contributed by atoms with E-state index >= 15 is 0 Å². The minimum atomic E-state index is -0.500. The Kier molecular flexibility index (Phi) is 4.52. The highest BCUT2D eigenvalue weighted by Gasteiger charge is 2.40. The van der Waals surface area contributed by atoms with Crippen molar-refractivity contribution in [2.45, 2.75) is 18.6 Å². The van der Waals surface area contributed by atoms with Crippen LogP contribution in [0.25, 0.3) is 0 Å². The highest BCUT2D eigenvalue weighted by atomic mass is 19.1. The van der Waals surface area contributed by atoms with Crippen LogP contribution >= 0.6 is 0 Å². The van der Waals surface area contributed by atoms with E-state index in [1.165, 1.54) is 18.3 Å².